The summed E-state index contributed by atoms with van der Waals surface area (Å²) in [5.74, 6) is -1.52. The Morgan fingerprint density at radius 2 is 1.23 bits per heavy atom. The van der Waals surface area contributed by atoms with Gasteiger partial charge in [-0.05, 0) is 91.6 Å². The van der Waals surface area contributed by atoms with Crippen LogP contribution in [0.2, 0.25) is 0 Å². The number of nitrogens with zero attached hydrogens (tertiary/aromatic N) is 2. The van der Waals surface area contributed by atoms with Crippen molar-refractivity contribution in [1.82, 2.24) is 19.9 Å². The number of aromatic amines is 2. The fraction of sp³-hybridized carbons (Fsp3) is 0.111. The van der Waals surface area contributed by atoms with Crippen LogP contribution >= 0.6 is 0 Å². The van der Waals surface area contributed by atoms with Gasteiger partial charge in [-0.15, -0.1) is 13.2 Å². The summed E-state index contributed by atoms with van der Waals surface area (Å²) in [7, 11) is 0. The van der Waals surface area contributed by atoms with Gasteiger partial charge in [0.25, 0.3) is 0 Å². The van der Waals surface area contributed by atoms with Crippen LogP contribution in [0.5, 0.6) is 5.75 Å². The summed E-state index contributed by atoms with van der Waals surface area (Å²) < 4.78 is 40.4. The van der Waals surface area contributed by atoms with Crippen molar-refractivity contribution >= 4 is 57.2 Å². The van der Waals surface area contributed by atoms with E-state index in [9.17, 15) is 22.8 Å². The van der Waals surface area contributed by atoms with Gasteiger partial charge in [0.05, 0.1) is 0 Å². The molecule has 6 aromatic rings. The number of aromatic nitrogens is 4. The van der Waals surface area contributed by atoms with Gasteiger partial charge in [0.15, 0.2) is 0 Å². The minimum atomic E-state index is -4.78. The molecule has 0 unspecified atom stereocenters. The molecule has 6 rings (SSSR count). The number of rotatable bonds is 7. The molecule has 48 heavy (non-hydrogen) atoms. The standard InChI is InChI=1S/C19H19N3O.C17H12F3N3O2/c1-11-7-12(2)17(13(3)8-11)16(18(20)23)9-14-10-22-19-15(14)5-4-6-21-19;18-17(19,20)25-12-5-3-10(4-6-12)14(15(21)24)8-11-9-23-16-13(11)2-1-7-22-16/h4-10H,1-3H3,(H2,20,23)(H,21,22);1-9H,(H2,21,24)(H,22,23). The molecule has 0 spiro atoms. The molecule has 0 aliphatic rings. The van der Waals surface area contributed by atoms with E-state index >= 15 is 0 Å². The highest BCUT2D eigenvalue weighted by molar-refractivity contribution is 6.25. The van der Waals surface area contributed by atoms with Gasteiger partial charge < -0.3 is 26.2 Å². The van der Waals surface area contributed by atoms with Crippen LogP contribution in [0, 0.1) is 20.8 Å². The number of fused-ring (bicyclic) bond motifs is 2. The third kappa shape index (κ3) is 7.61. The van der Waals surface area contributed by atoms with Gasteiger partial charge in [0.1, 0.15) is 17.0 Å². The maximum Gasteiger partial charge on any atom is 0.573 e. The second-order valence-corrected chi connectivity index (χ2v) is 11.0. The van der Waals surface area contributed by atoms with Crippen LogP contribution in [-0.4, -0.2) is 38.1 Å². The van der Waals surface area contributed by atoms with Crippen LogP contribution in [0.25, 0.3) is 45.4 Å². The molecule has 0 saturated carbocycles. The molecule has 2 aromatic carbocycles. The van der Waals surface area contributed by atoms with Crippen molar-refractivity contribution in [1.29, 1.82) is 0 Å². The van der Waals surface area contributed by atoms with E-state index in [0.717, 1.165) is 50.8 Å². The lowest BCUT2D eigenvalue weighted by atomic mass is 9.92. The monoisotopic (exact) mass is 652 g/mol. The average Bonchev–Trinajstić information content (AvgIpc) is 3.63. The van der Waals surface area contributed by atoms with Crippen molar-refractivity contribution in [2.45, 2.75) is 27.1 Å². The largest absolute Gasteiger partial charge is 0.573 e. The van der Waals surface area contributed by atoms with Crippen molar-refractivity contribution in [2.24, 2.45) is 11.5 Å². The first kappa shape index (κ1) is 33.2. The highest BCUT2D eigenvalue weighted by Gasteiger charge is 2.31. The van der Waals surface area contributed by atoms with E-state index in [-0.39, 0.29) is 11.3 Å². The SMILES string of the molecule is Cc1cc(C)c(C(=Cc2c[nH]c3ncccc23)C(N)=O)c(C)c1.NC(=O)C(=Cc1c[nH]c2ncccc12)c1ccc(OC(F)(F)F)cc1. The molecule has 2 amide bonds. The number of benzene rings is 2. The number of ether oxygens (including phenoxy) is 1. The lowest BCUT2D eigenvalue weighted by Crippen LogP contribution is -2.17. The Balaban J connectivity index is 0.000000188. The molecule has 4 aromatic heterocycles. The number of carbonyl (C=O) groups is 2. The van der Waals surface area contributed by atoms with Crippen LogP contribution in [0.4, 0.5) is 13.2 Å². The Morgan fingerprint density at radius 3 is 1.69 bits per heavy atom. The van der Waals surface area contributed by atoms with Crippen LogP contribution in [0.1, 0.15) is 38.9 Å². The van der Waals surface area contributed by atoms with Crippen molar-refractivity contribution in [3.63, 3.8) is 0 Å². The molecule has 0 bridgehead atoms. The van der Waals surface area contributed by atoms with E-state index in [1.165, 1.54) is 17.7 Å². The third-order valence-electron chi connectivity index (χ3n) is 7.44. The van der Waals surface area contributed by atoms with Gasteiger partial charge in [0, 0.05) is 57.8 Å². The molecule has 4 heterocycles. The van der Waals surface area contributed by atoms with Crippen molar-refractivity contribution in [3.8, 4) is 5.75 Å². The summed E-state index contributed by atoms with van der Waals surface area (Å²) in [6.45, 7) is 6.05. The first-order valence-corrected chi connectivity index (χ1v) is 14.6. The van der Waals surface area contributed by atoms with E-state index in [1.54, 1.807) is 30.7 Å². The Hall–Kier alpha value is -6.17. The van der Waals surface area contributed by atoms with Crippen LogP contribution < -0.4 is 16.2 Å². The zero-order chi connectivity index (χ0) is 34.6. The summed E-state index contributed by atoms with van der Waals surface area (Å²) in [4.78, 5) is 38.4. The number of carbonyl (C=O) groups excluding carboxylic acids is 2. The number of nitrogens with two attached hydrogens (primary N) is 2. The minimum Gasteiger partial charge on any atom is -0.406 e. The number of amides is 2. The summed E-state index contributed by atoms with van der Waals surface area (Å²) >= 11 is 0. The van der Waals surface area contributed by atoms with Crippen LogP contribution in [-0.2, 0) is 9.59 Å². The molecular formula is C36H31F3N6O3. The summed E-state index contributed by atoms with van der Waals surface area (Å²) in [6, 6.07) is 16.5. The Morgan fingerprint density at radius 1 is 0.750 bits per heavy atom. The van der Waals surface area contributed by atoms with E-state index in [1.807, 2.05) is 51.2 Å². The van der Waals surface area contributed by atoms with E-state index in [4.69, 9.17) is 11.5 Å². The lowest BCUT2D eigenvalue weighted by molar-refractivity contribution is -0.274. The molecule has 0 saturated heterocycles. The number of alkyl halides is 3. The highest BCUT2D eigenvalue weighted by Crippen LogP contribution is 2.29. The quantitative estimate of drug-likeness (QED) is 0.137. The van der Waals surface area contributed by atoms with Gasteiger partial charge in [-0.2, -0.15) is 0 Å². The van der Waals surface area contributed by atoms with E-state index in [2.05, 4.69) is 36.8 Å². The van der Waals surface area contributed by atoms with Gasteiger partial charge in [-0.25, -0.2) is 9.97 Å². The predicted molar refractivity (Wildman–Crippen MR) is 180 cm³/mol. The molecule has 9 nitrogen and oxygen atoms in total. The minimum absolute atomic E-state index is 0.156. The zero-order valence-electron chi connectivity index (χ0n) is 26.1. The summed E-state index contributed by atoms with van der Waals surface area (Å²) in [6.07, 6.45) is 5.49. The molecule has 12 heteroatoms. The van der Waals surface area contributed by atoms with Gasteiger partial charge >= 0.3 is 6.36 Å². The number of aryl methyl sites for hydroxylation is 3. The Labute approximate surface area is 273 Å². The van der Waals surface area contributed by atoms with Crippen molar-refractivity contribution in [2.75, 3.05) is 0 Å². The zero-order valence-corrected chi connectivity index (χ0v) is 26.1. The third-order valence-corrected chi connectivity index (χ3v) is 7.44. The number of H-pyrrole nitrogens is 2. The normalized spacial score (nSPS) is 12.1. The summed E-state index contributed by atoms with van der Waals surface area (Å²) in [5, 5.41) is 1.76. The molecule has 0 aliphatic carbocycles. The maximum absolute atomic E-state index is 12.2. The first-order valence-electron chi connectivity index (χ1n) is 14.6. The maximum atomic E-state index is 12.2. The number of primary amides is 2. The number of hydrogen-bond donors (Lipinski definition) is 4. The molecular weight excluding hydrogens is 621 g/mol. The molecule has 0 atom stereocenters. The highest BCUT2D eigenvalue weighted by atomic mass is 19.4. The second-order valence-electron chi connectivity index (χ2n) is 11.0. The summed E-state index contributed by atoms with van der Waals surface area (Å²) in [5.41, 5.74) is 19.3. The molecule has 0 fully saturated rings. The fourth-order valence-corrected chi connectivity index (χ4v) is 5.51. The fourth-order valence-electron chi connectivity index (χ4n) is 5.51. The van der Waals surface area contributed by atoms with Crippen molar-refractivity contribution in [3.05, 3.63) is 124 Å². The molecule has 6 N–H and O–H groups in total. The second kappa shape index (κ2) is 13.7. The Kier molecular flexibility index (Phi) is 9.46. The predicted octanol–water partition coefficient (Wildman–Crippen LogP) is 7.00. The lowest BCUT2D eigenvalue weighted by Gasteiger charge is -2.13. The van der Waals surface area contributed by atoms with E-state index < -0.39 is 18.2 Å². The van der Waals surface area contributed by atoms with Crippen LogP contribution in [0.15, 0.2) is 85.5 Å². The van der Waals surface area contributed by atoms with Gasteiger partial charge in [-0.1, -0.05) is 29.8 Å². The topological polar surface area (TPSA) is 153 Å². The molecule has 0 radical (unpaired) electrons. The van der Waals surface area contributed by atoms with Gasteiger partial charge in [-0.3, -0.25) is 9.59 Å². The van der Waals surface area contributed by atoms with Crippen molar-refractivity contribution < 1.29 is 27.5 Å². The molecule has 244 valence electrons. The average molecular weight is 653 g/mol. The smallest absolute Gasteiger partial charge is 0.406 e. The Bertz CT molecular complexity index is 2170. The number of hydrogen-bond acceptors (Lipinski definition) is 5. The number of halogens is 3. The number of nitrogens with one attached hydrogen (secondary N) is 2. The van der Waals surface area contributed by atoms with E-state index in [0.29, 0.717) is 22.3 Å². The molecule has 0 aliphatic heterocycles. The van der Waals surface area contributed by atoms with Crippen LogP contribution in [0.3, 0.4) is 0 Å². The first-order chi connectivity index (χ1) is 22.8. The number of pyridine rings is 2. The van der Waals surface area contributed by atoms with Gasteiger partial charge in [0.2, 0.25) is 11.8 Å².